The summed E-state index contributed by atoms with van der Waals surface area (Å²) in [6, 6.07) is 88.5. The second-order valence-electron chi connectivity index (χ2n) is 20.3. The van der Waals surface area contributed by atoms with Crippen molar-refractivity contribution >= 4 is 27.8 Å². The van der Waals surface area contributed by atoms with Gasteiger partial charge in [-0.2, -0.15) is 0 Å². The molecule has 0 bridgehead atoms. The molecule has 0 saturated carbocycles. The van der Waals surface area contributed by atoms with Gasteiger partial charge < -0.3 is 4.90 Å². The van der Waals surface area contributed by atoms with Crippen molar-refractivity contribution in [3.63, 3.8) is 0 Å². The summed E-state index contributed by atoms with van der Waals surface area (Å²) >= 11 is 0. The van der Waals surface area contributed by atoms with Crippen molar-refractivity contribution in [1.82, 2.24) is 0 Å². The van der Waals surface area contributed by atoms with Crippen molar-refractivity contribution in [3.8, 4) is 44.5 Å². The van der Waals surface area contributed by atoms with Crippen LogP contribution >= 0.6 is 0 Å². The summed E-state index contributed by atoms with van der Waals surface area (Å²) in [5.74, 6) is 0. The molecule has 0 spiro atoms. The number of benzene rings is 10. The lowest BCUT2D eigenvalue weighted by Gasteiger charge is -2.43. The molecule has 68 heavy (non-hydrogen) atoms. The number of nitrogens with zero attached hydrogens (tertiary/aromatic N) is 1. The molecule has 1 heteroatoms. The van der Waals surface area contributed by atoms with Crippen molar-refractivity contribution in [1.29, 1.82) is 0 Å². The van der Waals surface area contributed by atoms with E-state index < -0.39 is 5.41 Å². The first-order chi connectivity index (χ1) is 33.2. The van der Waals surface area contributed by atoms with Crippen LogP contribution in [0.1, 0.15) is 73.9 Å². The predicted molar refractivity (Wildman–Crippen MR) is 288 cm³/mol. The molecule has 0 radical (unpaired) electrons. The number of rotatable bonds is 8. The van der Waals surface area contributed by atoms with E-state index >= 15 is 0 Å². The highest BCUT2D eigenvalue weighted by Crippen LogP contribution is 2.60. The average Bonchev–Trinajstić information content (AvgIpc) is 3.68. The van der Waals surface area contributed by atoms with E-state index in [2.05, 4.69) is 269 Å². The summed E-state index contributed by atoms with van der Waals surface area (Å²) in [6.45, 7) is 9.82. The van der Waals surface area contributed by atoms with Gasteiger partial charge in [0.2, 0.25) is 0 Å². The van der Waals surface area contributed by atoms with Crippen molar-refractivity contribution in [2.75, 3.05) is 4.90 Å². The van der Waals surface area contributed by atoms with E-state index in [4.69, 9.17) is 0 Å². The molecule has 0 unspecified atom stereocenters. The molecule has 0 aromatic heterocycles. The quantitative estimate of drug-likeness (QED) is 0.147. The Morgan fingerprint density at radius 2 is 0.838 bits per heavy atom. The Morgan fingerprint density at radius 3 is 1.51 bits per heavy atom. The molecule has 0 fully saturated rings. The van der Waals surface area contributed by atoms with Gasteiger partial charge in [-0.25, -0.2) is 0 Å². The normalized spacial score (nSPS) is 15.0. The second kappa shape index (κ2) is 16.2. The minimum absolute atomic E-state index is 0.0323. The zero-order valence-electron chi connectivity index (χ0n) is 39.4. The van der Waals surface area contributed by atoms with E-state index in [1.807, 2.05) is 0 Å². The van der Waals surface area contributed by atoms with Crippen LogP contribution in [0.15, 0.2) is 237 Å². The molecule has 12 rings (SSSR count). The molecule has 0 N–H and O–H groups in total. The first-order valence-electron chi connectivity index (χ1n) is 24.3. The minimum atomic E-state index is -0.570. The summed E-state index contributed by atoms with van der Waals surface area (Å²) in [6.07, 6.45) is 2.28. The van der Waals surface area contributed by atoms with Gasteiger partial charge >= 0.3 is 0 Å². The molecular weight excluding hydrogens is 819 g/mol. The molecule has 0 amide bonds. The van der Waals surface area contributed by atoms with E-state index in [-0.39, 0.29) is 10.8 Å². The maximum absolute atomic E-state index is 2.59. The van der Waals surface area contributed by atoms with Gasteiger partial charge in [0.05, 0.1) is 16.8 Å². The summed E-state index contributed by atoms with van der Waals surface area (Å²) in [4.78, 5) is 2.57. The highest BCUT2D eigenvalue weighted by atomic mass is 15.1. The first kappa shape index (κ1) is 41.7. The van der Waals surface area contributed by atoms with Gasteiger partial charge in [0, 0.05) is 16.6 Å². The van der Waals surface area contributed by atoms with Gasteiger partial charge in [0.25, 0.3) is 0 Å². The van der Waals surface area contributed by atoms with Crippen LogP contribution in [0.25, 0.3) is 55.3 Å². The molecular formula is C67H55N. The SMILES string of the molecule is CC1(C)CCC(C)(C)c2c(-c3cc4c(cc3N(c3ccc(-c5ccc(-c6ccccc6)cc5)cc3)c3cccc5ccccc35)C(c3ccccc3)(c3ccccc3)c3ccccc3-4)cccc21. The van der Waals surface area contributed by atoms with E-state index in [1.165, 1.54) is 88.7 Å². The molecule has 10 aromatic carbocycles. The van der Waals surface area contributed by atoms with E-state index in [0.29, 0.717) is 0 Å². The van der Waals surface area contributed by atoms with Crippen LogP contribution in [0.2, 0.25) is 0 Å². The summed E-state index contributed by atoms with van der Waals surface area (Å²) in [7, 11) is 0. The third kappa shape index (κ3) is 6.67. The summed E-state index contributed by atoms with van der Waals surface area (Å²) in [5.41, 5.74) is 20.9. The van der Waals surface area contributed by atoms with Crippen LogP contribution in [-0.4, -0.2) is 0 Å². The second-order valence-corrected chi connectivity index (χ2v) is 20.3. The number of fused-ring (bicyclic) bond motifs is 5. The zero-order chi connectivity index (χ0) is 46.0. The number of hydrogen-bond donors (Lipinski definition) is 0. The van der Waals surface area contributed by atoms with Crippen molar-refractivity contribution in [2.24, 2.45) is 0 Å². The standard InChI is InChI=1S/C67H55N/c1-65(2)42-43-66(3,4)64-56(30-19-32-60(64)65)58-44-57-55-29-16-17-31-59(55)67(51-24-10-6-11-25-51,52-26-12-7-13-27-52)61(57)45-63(58)68(62-33-18-23-50-22-14-15-28-54(50)62)53-40-38-49(39-41-53)48-36-34-47(35-37-48)46-20-8-5-9-21-46/h5-41,44-45H,42-43H2,1-4H3. The lowest BCUT2D eigenvalue weighted by molar-refractivity contribution is 0.333. The smallest absolute Gasteiger partial charge is 0.0714 e. The molecule has 1 nitrogen and oxygen atoms in total. The van der Waals surface area contributed by atoms with Crippen LogP contribution in [0, 0.1) is 0 Å². The van der Waals surface area contributed by atoms with Gasteiger partial charge in [0.1, 0.15) is 0 Å². The Balaban J connectivity index is 1.17. The molecule has 2 aliphatic carbocycles. The van der Waals surface area contributed by atoms with Crippen LogP contribution in [-0.2, 0) is 16.2 Å². The Kier molecular flexibility index (Phi) is 9.96. The molecule has 10 aromatic rings. The van der Waals surface area contributed by atoms with Gasteiger partial charge in [-0.1, -0.05) is 234 Å². The van der Waals surface area contributed by atoms with Crippen LogP contribution < -0.4 is 4.90 Å². The molecule has 0 heterocycles. The Labute approximate surface area is 402 Å². The Hall–Kier alpha value is -7.74. The summed E-state index contributed by atoms with van der Waals surface area (Å²) < 4.78 is 0. The first-order valence-corrected chi connectivity index (χ1v) is 24.3. The zero-order valence-corrected chi connectivity index (χ0v) is 39.4. The van der Waals surface area contributed by atoms with Gasteiger partial charge in [-0.15, -0.1) is 0 Å². The van der Waals surface area contributed by atoms with Crippen LogP contribution in [0.5, 0.6) is 0 Å². The van der Waals surface area contributed by atoms with Crippen molar-refractivity contribution < 1.29 is 0 Å². The average molecular weight is 874 g/mol. The largest absolute Gasteiger partial charge is 0.309 e. The molecule has 2 aliphatic rings. The maximum Gasteiger partial charge on any atom is 0.0714 e. The molecule has 328 valence electrons. The lowest BCUT2D eigenvalue weighted by Crippen LogP contribution is -2.34. The fourth-order valence-corrected chi connectivity index (χ4v) is 11.9. The summed E-state index contributed by atoms with van der Waals surface area (Å²) in [5, 5.41) is 2.42. The highest BCUT2D eigenvalue weighted by Gasteiger charge is 2.47. The Bertz CT molecular complexity index is 3430. The minimum Gasteiger partial charge on any atom is -0.309 e. The monoisotopic (exact) mass is 873 g/mol. The van der Waals surface area contributed by atoms with Gasteiger partial charge in [0.15, 0.2) is 0 Å². The van der Waals surface area contributed by atoms with Crippen LogP contribution in [0.3, 0.4) is 0 Å². The van der Waals surface area contributed by atoms with Crippen molar-refractivity contribution in [2.45, 2.75) is 56.8 Å². The molecule has 0 saturated heterocycles. The number of anilines is 3. The van der Waals surface area contributed by atoms with Gasteiger partial charge in [-0.05, 0) is 132 Å². The van der Waals surface area contributed by atoms with E-state index in [9.17, 15) is 0 Å². The third-order valence-electron chi connectivity index (χ3n) is 15.4. The fraction of sp³-hybridized carbons (Fsp3) is 0.134. The van der Waals surface area contributed by atoms with E-state index in [1.54, 1.807) is 0 Å². The third-order valence-corrected chi connectivity index (χ3v) is 15.4. The fourth-order valence-electron chi connectivity index (χ4n) is 11.9. The van der Waals surface area contributed by atoms with E-state index in [0.717, 1.165) is 29.9 Å². The number of hydrogen-bond acceptors (Lipinski definition) is 1. The van der Waals surface area contributed by atoms with Gasteiger partial charge in [-0.3, -0.25) is 0 Å². The van der Waals surface area contributed by atoms with Crippen LogP contribution in [0.4, 0.5) is 17.1 Å². The maximum atomic E-state index is 2.59. The predicted octanol–water partition coefficient (Wildman–Crippen LogP) is 18.0. The molecule has 0 aliphatic heterocycles. The highest BCUT2D eigenvalue weighted by molar-refractivity contribution is 6.03. The molecule has 0 atom stereocenters. The van der Waals surface area contributed by atoms with Crippen molar-refractivity contribution in [3.05, 3.63) is 270 Å². The topological polar surface area (TPSA) is 3.24 Å². The Morgan fingerprint density at radius 1 is 0.338 bits per heavy atom. The lowest BCUT2D eigenvalue weighted by atomic mass is 9.61.